The topological polar surface area (TPSA) is 99.7 Å². The fraction of sp³-hybridized carbons (Fsp3) is 0.409. The third-order valence-electron chi connectivity index (χ3n) is 6.29. The number of benzene rings is 1. The fourth-order valence-corrected chi connectivity index (χ4v) is 4.83. The minimum atomic E-state index is -1.88. The van der Waals surface area contributed by atoms with Crippen LogP contribution in [0, 0.1) is 11.3 Å². The SMILES string of the molecule is N=C1c2c(OCc3ccccc3)noc2C(N2CCCC2)C2CC=CC(=O)C12O. The van der Waals surface area contributed by atoms with Gasteiger partial charge in [0.2, 0.25) is 0 Å². The number of carbonyl (C=O) groups is 1. The van der Waals surface area contributed by atoms with Gasteiger partial charge in [-0.2, -0.15) is 0 Å². The lowest BCUT2D eigenvalue weighted by atomic mass is 9.64. The summed E-state index contributed by atoms with van der Waals surface area (Å²) in [6, 6.07) is 9.33. The smallest absolute Gasteiger partial charge is 0.264 e. The highest BCUT2D eigenvalue weighted by Gasteiger charge is 2.59. The molecule has 0 radical (unpaired) electrons. The Labute approximate surface area is 168 Å². The van der Waals surface area contributed by atoms with Crippen LogP contribution in [0.25, 0.3) is 0 Å². The van der Waals surface area contributed by atoms with Crippen molar-refractivity contribution in [2.75, 3.05) is 13.1 Å². The van der Waals surface area contributed by atoms with Crippen molar-refractivity contribution in [3.8, 4) is 5.88 Å². The quantitative estimate of drug-likeness (QED) is 0.828. The summed E-state index contributed by atoms with van der Waals surface area (Å²) < 4.78 is 11.6. The number of ketones is 1. The van der Waals surface area contributed by atoms with Gasteiger partial charge in [-0.05, 0) is 49.1 Å². The Kier molecular flexibility index (Phi) is 4.37. The zero-order valence-corrected chi connectivity index (χ0v) is 16.0. The number of fused-ring (bicyclic) bond motifs is 2. The zero-order chi connectivity index (χ0) is 20.0. The number of nitrogens with zero attached hydrogens (tertiary/aromatic N) is 2. The van der Waals surface area contributed by atoms with E-state index in [0.29, 0.717) is 17.7 Å². The molecule has 3 aliphatic rings. The van der Waals surface area contributed by atoms with Crippen molar-refractivity contribution in [2.45, 2.75) is 37.5 Å². The van der Waals surface area contributed by atoms with Gasteiger partial charge in [-0.1, -0.05) is 36.4 Å². The molecule has 150 valence electrons. The van der Waals surface area contributed by atoms with Crippen LogP contribution in [0.15, 0.2) is 47.0 Å². The number of allylic oxidation sites excluding steroid dienone is 1. The minimum absolute atomic E-state index is 0.160. The summed E-state index contributed by atoms with van der Waals surface area (Å²) in [4.78, 5) is 15.0. The lowest BCUT2D eigenvalue weighted by molar-refractivity contribution is -0.134. The van der Waals surface area contributed by atoms with Gasteiger partial charge >= 0.3 is 0 Å². The molecule has 1 aromatic carbocycles. The van der Waals surface area contributed by atoms with Gasteiger partial charge in [-0.3, -0.25) is 9.69 Å². The number of nitrogens with one attached hydrogen (secondary N) is 1. The van der Waals surface area contributed by atoms with Crippen molar-refractivity contribution in [1.29, 1.82) is 5.41 Å². The Hall–Kier alpha value is -2.77. The zero-order valence-electron chi connectivity index (χ0n) is 16.0. The third-order valence-corrected chi connectivity index (χ3v) is 6.29. The summed E-state index contributed by atoms with van der Waals surface area (Å²) in [6.07, 6.45) is 5.79. The largest absolute Gasteiger partial charge is 0.470 e. The number of rotatable bonds is 4. The summed E-state index contributed by atoms with van der Waals surface area (Å²) in [7, 11) is 0. The minimum Gasteiger partial charge on any atom is -0.470 e. The predicted octanol–water partition coefficient (Wildman–Crippen LogP) is 2.65. The number of ether oxygens (including phenoxy) is 1. The second-order valence-electron chi connectivity index (χ2n) is 7.94. The van der Waals surface area contributed by atoms with Gasteiger partial charge in [0.05, 0.1) is 11.8 Å². The highest BCUT2D eigenvalue weighted by molar-refractivity contribution is 6.24. The molecule has 1 aliphatic heterocycles. The summed E-state index contributed by atoms with van der Waals surface area (Å²) in [5.74, 6) is -0.234. The highest BCUT2D eigenvalue weighted by atomic mass is 16.5. The van der Waals surface area contributed by atoms with Crippen LogP contribution in [0.4, 0.5) is 0 Å². The van der Waals surface area contributed by atoms with Gasteiger partial charge in [0.15, 0.2) is 17.1 Å². The Morgan fingerprint density at radius 1 is 1.28 bits per heavy atom. The molecule has 7 heteroatoms. The first-order valence-corrected chi connectivity index (χ1v) is 10.0. The first-order chi connectivity index (χ1) is 14.1. The summed E-state index contributed by atoms with van der Waals surface area (Å²) in [5.41, 5.74) is -0.784. The van der Waals surface area contributed by atoms with Gasteiger partial charge in [-0.15, -0.1) is 0 Å². The molecule has 1 fully saturated rings. The van der Waals surface area contributed by atoms with Crippen molar-refractivity contribution < 1.29 is 19.2 Å². The molecule has 0 bridgehead atoms. The van der Waals surface area contributed by atoms with E-state index in [2.05, 4.69) is 10.1 Å². The molecule has 0 spiro atoms. The van der Waals surface area contributed by atoms with Gasteiger partial charge in [0.25, 0.3) is 5.88 Å². The molecule has 3 unspecified atom stereocenters. The Morgan fingerprint density at radius 3 is 2.79 bits per heavy atom. The molecule has 2 aliphatic carbocycles. The van der Waals surface area contributed by atoms with E-state index >= 15 is 0 Å². The Morgan fingerprint density at radius 2 is 2.03 bits per heavy atom. The monoisotopic (exact) mass is 393 g/mol. The number of likely N-dealkylation sites (tertiary alicyclic amines) is 1. The van der Waals surface area contributed by atoms with Crippen LogP contribution in [-0.4, -0.2) is 45.3 Å². The van der Waals surface area contributed by atoms with Gasteiger partial charge in [0.1, 0.15) is 12.2 Å². The Bertz CT molecular complexity index is 977. The van der Waals surface area contributed by atoms with Crippen LogP contribution < -0.4 is 4.74 Å². The molecular formula is C22H23N3O4. The molecule has 1 saturated heterocycles. The van der Waals surface area contributed by atoms with E-state index in [1.54, 1.807) is 6.08 Å². The fourth-order valence-electron chi connectivity index (χ4n) is 4.83. The highest BCUT2D eigenvalue weighted by Crippen LogP contribution is 2.50. The molecule has 0 saturated carbocycles. The second-order valence-corrected chi connectivity index (χ2v) is 7.94. The van der Waals surface area contributed by atoms with Gasteiger partial charge < -0.3 is 19.8 Å². The molecule has 0 amide bonds. The standard InChI is InChI=1S/C22H23N3O4/c23-20-17-19(29-24-21(17)28-13-14-7-2-1-3-8-14)18(25-11-4-5-12-25)15-9-6-10-16(26)22(15,20)27/h1-3,6-8,10,15,18,23,27H,4-5,9,11-13H2. The molecule has 29 heavy (non-hydrogen) atoms. The Balaban J connectivity index is 1.56. The average molecular weight is 393 g/mol. The van der Waals surface area contributed by atoms with E-state index in [1.807, 2.05) is 30.3 Å². The number of aromatic nitrogens is 1. The number of hydrogen-bond donors (Lipinski definition) is 2. The maximum Gasteiger partial charge on any atom is 0.264 e. The van der Waals surface area contributed by atoms with Crippen molar-refractivity contribution in [1.82, 2.24) is 10.1 Å². The van der Waals surface area contributed by atoms with E-state index in [0.717, 1.165) is 31.5 Å². The molecule has 2 aromatic rings. The average Bonchev–Trinajstić information content (AvgIpc) is 3.40. The van der Waals surface area contributed by atoms with Crippen LogP contribution in [0.2, 0.25) is 0 Å². The van der Waals surface area contributed by atoms with Crippen molar-refractivity contribution >= 4 is 11.5 Å². The van der Waals surface area contributed by atoms with E-state index in [1.165, 1.54) is 6.08 Å². The molecule has 7 nitrogen and oxygen atoms in total. The first kappa shape index (κ1) is 18.3. The van der Waals surface area contributed by atoms with Gasteiger partial charge in [-0.25, -0.2) is 0 Å². The predicted molar refractivity (Wildman–Crippen MR) is 105 cm³/mol. The maximum absolute atomic E-state index is 12.8. The second kappa shape index (κ2) is 6.93. The summed E-state index contributed by atoms with van der Waals surface area (Å²) in [6.45, 7) is 1.99. The van der Waals surface area contributed by atoms with Gasteiger partial charge in [0, 0.05) is 5.92 Å². The van der Waals surface area contributed by atoms with Crippen molar-refractivity contribution in [3.05, 3.63) is 59.4 Å². The third kappa shape index (κ3) is 2.76. The van der Waals surface area contributed by atoms with Crippen molar-refractivity contribution in [3.63, 3.8) is 0 Å². The van der Waals surface area contributed by atoms with Crippen LogP contribution >= 0.6 is 0 Å². The number of carbonyl (C=O) groups excluding carboxylic acids is 1. The van der Waals surface area contributed by atoms with E-state index in [-0.39, 0.29) is 24.2 Å². The van der Waals surface area contributed by atoms with Crippen molar-refractivity contribution in [2.24, 2.45) is 5.92 Å². The summed E-state index contributed by atoms with van der Waals surface area (Å²) >= 11 is 0. The number of aliphatic hydroxyl groups is 1. The molecule has 5 rings (SSSR count). The molecule has 1 aromatic heterocycles. The van der Waals surface area contributed by atoms with Crippen LogP contribution in [0.3, 0.4) is 0 Å². The number of hydrogen-bond acceptors (Lipinski definition) is 7. The van der Waals surface area contributed by atoms with Crippen LogP contribution in [0.1, 0.15) is 42.2 Å². The lowest BCUT2D eigenvalue weighted by Crippen LogP contribution is -2.60. The normalized spacial score (nSPS) is 29.0. The molecule has 2 heterocycles. The first-order valence-electron chi connectivity index (χ1n) is 10.0. The maximum atomic E-state index is 12.8. The molecular weight excluding hydrogens is 370 g/mol. The molecule has 2 N–H and O–H groups in total. The lowest BCUT2D eigenvalue weighted by Gasteiger charge is -2.46. The van der Waals surface area contributed by atoms with Crippen LogP contribution in [-0.2, 0) is 11.4 Å². The van der Waals surface area contributed by atoms with Crippen LogP contribution in [0.5, 0.6) is 5.88 Å². The molecule has 3 atom stereocenters. The van der Waals surface area contributed by atoms with E-state index in [4.69, 9.17) is 14.7 Å². The van der Waals surface area contributed by atoms with E-state index < -0.39 is 17.3 Å². The van der Waals surface area contributed by atoms with E-state index in [9.17, 15) is 9.90 Å². The summed E-state index contributed by atoms with van der Waals surface area (Å²) in [5, 5.41) is 24.3.